The number of likely N-dealkylation sites (tertiary alicyclic amines) is 1. The third-order valence-electron chi connectivity index (χ3n) is 3.93. The summed E-state index contributed by atoms with van der Waals surface area (Å²) in [4.78, 5) is 26.2. The molecule has 1 atom stereocenters. The first kappa shape index (κ1) is 20.9. The molecule has 0 bridgehead atoms. The number of nitrogens with zero attached hydrogens (tertiary/aromatic N) is 1. The van der Waals surface area contributed by atoms with E-state index in [9.17, 15) is 14.0 Å². The van der Waals surface area contributed by atoms with Gasteiger partial charge in [-0.3, -0.25) is 9.59 Å². The first-order valence-corrected chi connectivity index (χ1v) is 8.49. The highest BCUT2D eigenvalue weighted by Crippen LogP contribution is 2.18. The summed E-state index contributed by atoms with van der Waals surface area (Å²) in [7, 11) is 1.87. The Morgan fingerprint density at radius 1 is 1.42 bits per heavy atom. The van der Waals surface area contributed by atoms with Crippen LogP contribution in [0, 0.1) is 5.82 Å². The van der Waals surface area contributed by atoms with Crippen LogP contribution in [0.1, 0.15) is 29.6 Å². The Hall–Kier alpha value is -1.18. The fourth-order valence-electron chi connectivity index (χ4n) is 2.81. The molecule has 2 amide bonds. The summed E-state index contributed by atoms with van der Waals surface area (Å²) in [6.07, 6.45) is 2.27. The van der Waals surface area contributed by atoms with E-state index >= 15 is 0 Å². The quantitative estimate of drug-likeness (QED) is 0.740. The van der Waals surface area contributed by atoms with E-state index in [0.717, 1.165) is 25.9 Å². The van der Waals surface area contributed by atoms with E-state index in [-0.39, 0.29) is 42.9 Å². The third kappa shape index (κ3) is 5.43. The number of hydrogen-bond donors (Lipinski definition) is 2. The van der Waals surface area contributed by atoms with Crippen LogP contribution in [0.4, 0.5) is 4.39 Å². The van der Waals surface area contributed by atoms with Crippen molar-refractivity contribution in [2.24, 2.45) is 0 Å². The highest BCUT2D eigenvalue weighted by molar-refractivity contribution is 9.10. The zero-order valence-electron chi connectivity index (χ0n) is 13.5. The summed E-state index contributed by atoms with van der Waals surface area (Å²) in [5, 5.41) is 5.77. The molecule has 1 aromatic rings. The van der Waals surface area contributed by atoms with Crippen molar-refractivity contribution in [1.82, 2.24) is 15.5 Å². The van der Waals surface area contributed by atoms with Gasteiger partial charge >= 0.3 is 0 Å². The van der Waals surface area contributed by atoms with Gasteiger partial charge in [0.05, 0.1) is 5.56 Å². The molecule has 8 heteroatoms. The maximum atomic E-state index is 13.2. The molecule has 24 heavy (non-hydrogen) atoms. The lowest BCUT2D eigenvalue weighted by molar-refractivity contribution is -0.131. The molecule has 2 N–H and O–H groups in total. The number of rotatable bonds is 6. The molecule has 1 aliphatic heterocycles. The van der Waals surface area contributed by atoms with Crippen LogP contribution >= 0.6 is 28.3 Å². The zero-order chi connectivity index (χ0) is 16.8. The van der Waals surface area contributed by atoms with E-state index in [2.05, 4.69) is 26.6 Å². The Balaban J connectivity index is 0.00000288. The smallest absolute Gasteiger partial charge is 0.252 e. The second-order valence-corrected chi connectivity index (χ2v) is 6.43. The van der Waals surface area contributed by atoms with Crippen LogP contribution < -0.4 is 10.6 Å². The van der Waals surface area contributed by atoms with Crippen LogP contribution in [0.25, 0.3) is 0 Å². The van der Waals surface area contributed by atoms with Gasteiger partial charge in [-0.1, -0.05) is 0 Å². The van der Waals surface area contributed by atoms with Crippen LogP contribution in [-0.4, -0.2) is 49.4 Å². The van der Waals surface area contributed by atoms with Crippen molar-refractivity contribution >= 4 is 40.2 Å². The number of amides is 2. The lowest BCUT2D eigenvalue weighted by atomic mass is 10.2. The normalized spacial score (nSPS) is 16.6. The fraction of sp³-hybridized carbons (Fsp3) is 0.500. The molecule has 1 fully saturated rings. The number of carbonyl (C=O) groups is 2. The summed E-state index contributed by atoms with van der Waals surface area (Å²) in [5.74, 6) is -0.819. The van der Waals surface area contributed by atoms with Crippen molar-refractivity contribution in [3.8, 4) is 0 Å². The fourth-order valence-corrected chi connectivity index (χ4v) is 3.23. The largest absolute Gasteiger partial charge is 0.351 e. The van der Waals surface area contributed by atoms with Gasteiger partial charge in [0, 0.05) is 36.6 Å². The Morgan fingerprint density at radius 3 is 2.88 bits per heavy atom. The topological polar surface area (TPSA) is 61.4 Å². The molecule has 0 radical (unpaired) electrons. The van der Waals surface area contributed by atoms with Gasteiger partial charge in [0.2, 0.25) is 5.91 Å². The van der Waals surface area contributed by atoms with Gasteiger partial charge < -0.3 is 15.5 Å². The minimum atomic E-state index is -0.471. The lowest BCUT2D eigenvalue weighted by Gasteiger charge is -2.24. The van der Waals surface area contributed by atoms with Gasteiger partial charge in [-0.15, -0.1) is 12.4 Å². The highest BCUT2D eigenvalue weighted by atomic mass is 79.9. The first-order chi connectivity index (χ1) is 11.0. The zero-order valence-corrected chi connectivity index (χ0v) is 15.9. The molecule has 0 spiro atoms. The van der Waals surface area contributed by atoms with Crippen LogP contribution in [-0.2, 0) is 4.79 Å². The van der Waals surface area contributed by atoms with Crippen molar-refractivity contribution in [2.75, 3.05) is 26.7 Å². The third-order valence-corrected chi connectivity index (χ3v) is 4.63. The van der Waals surface area contributed by atoms with E-state index in [4.69, 9.17) is 0 Å². The van der Waals surface area contributed by atoms with Crippen molar-refractivity contribution < 1.29 is 14.0 Å². The molecule has 5 nitrogen and oxygen atoms in total. The monoisotopic (exact) mass is 421 g/mol. The van der Waals surface area contributed by atoms with E-state index in [1.54, 1.807) is 0 Å². The molecule has 2 rings (SSSR count). The molecule has 1 unspecified atom stereocenters. The van der Waals surface area contributed by atoms with Crippen molar-refractivity contribution in [3.05, 3.63) is 34.1 Å². The predicted octanol–water partition coefficient (Wildman–Crippen LogP) is 2.34. The number of likely N-dealkylation sites (N-methyl/N-ethyl adjacent to an activating group) is 1. The molecule has 1 aromatic carbocycles. The van der Waals surface area contributed by atoms with Crippen LogP contribution in [0.15, 0.2) is 22.7 Å². The Kier molecular flexibility index (Phi) is 8.66. The second kappa shape index (κ2) is 9.96. The SMILES string of the molecule is CNCC1CCCN1C(=O)CCNC(=O)c1cc(F)ccc1Br.Cl. The van der Waals surface area contributed by atoms with E-state index in [1.807, 2.05) is 11.9 Å². The average molecular weight is 423 g/mol. The van der Waals surface area contributed by atoms with Gasteiger partial charge in [-0.25, -0.2) is 4.39 Å². The van der Waals surface area contributed by atoms with Gasteiger partial charge in [0.25, 0.3) is 5.91 Å². The molecule has 1 saturated heterocycles. The molecule has 0 aliphatic carbocycles. The standard InChI is InChI=1S/C16H21BrFN3O2.ClH/c1-19-10-12-3-2-8-21(12)15(22)6-7-20-16(23)13-9-11(18)4-5-14(13)17;/h4-5,9,12,19H,2-3,6-8,10H2,1H3,(H,20,23);1H. The molecule has 134 valence electrons. The summed E-state index contributed by atoms with van der Waals surface area (Å²) < 4.78 is 13.7. The van der Waals surface area contributed by atoms with E-state index < -0.39 is 11.7 Å². The molecular weight excluding hydrogens is 401 g/mol. The summed E-state index contributed by atoms with van der Waals surface area (Å²) >= 11 is 3.22. The number of halogens is 3. The van der Waals surface area contributed by atoms with E-state index in [1.165, 1.54) is 18.2 Å². The summed E-state index contributed by atoms with van der Waals surface area (Å²) in [6, 6.07) is 4.17. The van der Waals surface area contributed by atoms with Gasteiger partial charge in [-0.2, -0.15) is 0 Å². The summed E-state index contributed by atoms with van der Waals surface area (Å²) in [6.45, 7) is 1.80. The molecule has 0 saturated carbocycles. The minimum absolute atomic E-state index is 0. The van der Waals surface area contributed by atoms with Crippen molar-refractivity contribution in [3.63, 3.8) is 0 Å². The van der Waals surface area contributed by atoms with Crippen molar-refractivity contribution in [2.45, 2.75) is 25.3 Å². The number of hydrogen-bond acceptors (Lipinski definition) is 3. The highest BCUT2D eigenvalue weighted by Gasteiger charge is 2.27. The predicted molar refractivity (Wildman–Crippen MR) is 97.0 cm³/mol. The first-order valence-electron chi connectivity index (χ1n) is 7.70. The number of benzene rings is 1. The van der Waals surface area contributed by atoms with Gasteiger partial charge in [0.15, 0.2) is 0 Å². The van der Waals surface area contributed by atoms with Gasteiger partial charge in [0.1, 0.15) is 5.82 Å². The Labute approximate surface area is 155 Å². The Morgan fingerprint density at radius 2 is 2.17 bits per heavy atom. The molecule has 0 aromatic heterocycles. The Bertz CT molecular complexity index is 588. The van der Waals surface area contributed by atoms with E-state index in [0.29, 0.717) is 4.47 Å². The molecular formula is C16H22BrClFN3O2. The minimum Gasteiger partial charge on any atom is -0.351 e. The van der Waals surface area contributed by atoms with Gasteiger partial charge in [-0.05, 0) is 54.0 Å². The maximum absolute atomic E-state index is 13.2. The lowest BCUT2D eigenvalue weighted by Crippen LogP contribution is -2.42. The maximum Gasteiger partial charge on any atom is 0.252 e. The summed E-state index contributed by atoms with van der Waals surface area (Å²) in [5.41, 5.74) is 0.228. The van der Waals surface area contributed by atoms with Crippen LogP contribution in [0.2, 0.25) is 0 Å². The number of carbonyl (C=O) groups excluding carboxylic acids is 2. The molecule has 1 aliphatic rings. The second-order valence-electron chi connectivity index (χ2n) is 5.57. The molecule has 1 heterocycles. The average Bonchev–Trinajstić information content (AvgIpc) is 2.98. The van der Waals surface area contributed by atoms with Crippen molar-refractivity contribution in [1.29, 1.82) is 0 Å². The number of nitrogens with one attached hydrogen (secondary N) is 2. The van der Waals surface area contributed by atoms with Crippen LogP contribution in [0.3, 0.4) is 0 Å². The van der Waals surface area contributed by atoms with Crippen LogP contribution in [0.5, 0.6) is 0 Å².